The monoisotopic (exact) mass is 617 g/mol. The van der Waals surface area contributed by atoms with Gasteiger partial charge in [-0.15, -0.1) is 5.10 Å². The van der Waals surface area contributed by atoms with E-state index in [1.165, 1.54) is 15.9 Å². The number of aliphatic carboxylic acids is 1. The summed E-state index contributed by atoms with van der Waals surface area (Å²) in [5.74, 6) is -1.79. The number of thioether (sulfide) groups is 1. The fourth-order valence-electron chi connectivity index (χ4n) is 7.95. The molecule has 3 amide bonds. The number of fused-ring (bicyclic) bond motifs is 2. The minimum atomic E-state index is -1.03. The van der Waals surface area contributed by atoms with Gasteiger partial charge in [0.25, 0.3) is 0 Å². The summed E-state index contributed by atoms with van der Waals surface area (Å²) in [6.07, 6.45) is 3.62. The molecule has 5 aliphatic rings. The van der Waals surface area contributed by atoms with Crippen LogP contribution in [0, 0.1) is 23.2 Å². The van der Waals surface area contributed by atoms with Crippen molar-refractivity contribution >= 4 is 41.4 Å². The van der Waals surface area contributed by atoms with Crippen LogP contribution in [0.15, 0.2) is 6.33 Å². The Labute approximate surface area is 252 Å². The second-order valence-corrected chi connectivity index (χ2v) is 13.9. The van der Waals surface area contributed by atoms with Gasteiger partial charge in [-0.1, -0.05) is 6.92 Å². The zero-order valence-corrected chi connectivity index (χ0v) is 25.0. The van der Waals surface area contributed by atoms with Gasteiger partial charge in [-0.25, -0.2) is 9.48 Å². The van der Waals surface area contributed by atoms with E-state index in [4.69, 9.17) is 11.1 Å². The fourth-order valence-corrected chi connectivity index (χ4v) is 9.70. The fraction of sp³-hybridized carbons (Fsp3) is 0.769. The van der Waals surface area contributed by atoms with E-state index >= 15 is 0 Å². The number of nitrogens with zero attached hydrogens (tertiary/aromatic N) is 7. The van der Waals surface area contributed by atoms with E-state index in [1.807, 2.05) is 16.7 Å². The molecule has 0 aliphatic carbocycles. The van der Waals surface area contributed by atoms with Crippen LogP contribution >= 0.6 is 11.8 Å². The van der Waals surface area contributed by atoms with Gasteiger partial charge in [0.15, 0.2) is 5.96 Å². The van der Waals surface area contributed by atoms with Gasteiger partial charge < -0.3 is 36.2 Å². The number of guanidine groups is 1. The molecule has 5 fully saturated rings. The molecule has 6 rings (SSSR count). The van der Waals surface area contributed by atoms with E-state index in [0.29, 0.717) is 38.5 Å². The van der Waals surface area contributed by atoms with Crippen LogP contribution in [0.5, 0.6) is 0 Å². The number of carboxylic acid groups (broad SMARTS) is 1. The number of piperidine rings is 1. The SMILES string of the molecule is C[C@H](NC(=O)Cn1cnnn1)[C@H]1C(=O)N2C(C(=O)O)C(S[C@@H]3CNC(C(=O)N4CCC5CN(C(=N)N)CCC54)C3)[C@H](C)[C@H]12. The molecular weight excluding hydrogens is 578 g/mol. The first-order chi connectivity index (χ1) is 20.5. The van der Waals surface area contributed by atoms with Crippen LogP contribution in [0.1, 0.15) is 33.1 Å². The van der Waals surface area contributed by atoms with Crippen molar-refractivity contribution in [2.75, 3.05) is 26.2 Å². The van der Waals surface area contributed by atoms with E-state index in [-0.39, 0.29) is 64.8 Å². The third-order valence-electron chi connectivity index (χ3n) is 9.97. The molecule has 43 heavy (non-hydrogen) atoms. The van der Waals surface area contributed by atoms with Crippen LogP contribution in [-0.4, -0.2) is 137 Å². The average molecular weight is 618 g/mol. The molecule has 0 spiro atoms. The van der Waals surface area contributed by atoms with Gasteiger partial charge in [0, 0.05) is 54.8 Å². The molecule has 5 aliphatic heterocycles. The molecule has 6 heterocycles. The molecule has 1 aromatic rings. The number of nitrogens with two attached hydrogens (primary N) is 1. The molecule has 10 atom stereocenters. The Balaban J connectivity index is 1.06. The molecule has 234 valence electrons. The third-order valence-corrected chi connectivity index (χ3v) is 11.7. The second-order valence-electron chi connectivity index (χ2n) is 12.5. The summed E-state index contributed by atoms with van der Waals surface area (Å²) < 4.78 is 1.29. The van der Waals surface area contributed by atoms with Crippen molar-refractivity contribution in [3.63, 3.8) is 0 Å². The number of hydrogen-bond acceptors (Lipinski definition) is 10. The van der Waals surface area contributed by atoms with Crippen molar-refractivity contribution < 1.29 is 24.3 Å². The molecule has 5 unspecified atom stereocenters. The first kappa shape index (κ1) is 29.6. The molecule has 6 N–H and O–H groups in total. The lowest BCUT2D eigenvalue weighted by Gasteiger charge is -2.48. The molecule has 1 aromatic heterocycles. The van der Waals surface area contributed by atoms with Gasteiger partial charge in [-0.3, -0.25) is 19.8 Å². The lowest BCUT2D eigenvalue weighted by atomic mass is 9.78. The molecule has 0 bridgehead atoms. The summed E-state index contributed by atoms with van der Waals surface area (Å²) in [7, 11) is 0. The number of likely N-dealkylation sites (tertiary alicyclic amines) is 2. The summed E-state index contributed by atoms with van der Waals surface area (Å²) in [6, 6.07) is -1.92. The Kier molecular flexibility index (Phi) is 7.95. The minimum absolute atomic E-state index is 0.0295. The van der Waals surface area contributed by atoms with Gasteiger partial charge >= 0.3 is 5.97 Å². The summed E-state index contributed by atoms with van der Waals surface area (Å²) >= 11 is 1.56. The maximum absolute atomic E-state index is 13.6. The zero-order valence-electron chi connectivity index (χ0n) is 24.2. The number of tetrazole rings is 1. The van der Waals surface area contributed by atoms with Crippen molar-refractivity contribution in [3.8, 4) is 0 Å². The van der Waals surface area contributed by atoms with Crippen LogP contribution in [0.3, 0.4) is 0 Å². The Morgan fingerprint density at radius 3 is 2.79 bits per heavy atom. The number of hydrogen-bond donors (Lipinski definition) is 5. The standard InChI is InChI=1S/C26H39N11O5S/c1-12-20-19(13(2)31-18(38)10-35-11-30-32-33-35)24(40)37(20)21(25(41)42)22(12)43-15-7-16(29-8-15)23(39)36-6-3-14-9-34(26(27)28)5-4-17(14)36/h11-17,19-22,29H,3-10H2,1-2H3,(H3,27,28)(H,31,38)(H,41,42)/t12-,13+,14?,15+,16?,17?,19-,20-,21?,22?/m1/s1. The molecule has 5 saturated heterocycles. The number of β-lactam (4-membered cyclic amide) rings is 1. The summed E-state index contributed by atoms with van der Waals surface area (Å²) in [6.45, 7) is 6.33. The normalized spacial score (nSPS) is 35.7. The van der Waals surface area contributed by atoms with Crippen molar-refractivity contribution in [1.29, 1.82) is 5.41 Å². The predicted molar refractivity (Wildman–Crippen MR) is 153 cm³/mol. The summed E-state index contributed by atoms with van der Waals surface area (Å²) in [4.78, 5) is 57.2. The number of amides is 3. The highest BCUT2D eigenvalue weighted by molar-refractivity contribution is 8.00. The molecule has 0 saturated carbocycles. The number of nitrogens with one attached hydrogen (secondary N) is 3. The van der Waals surface area contributed by atoms with E-state index in [1.54, 1.807) is 18.7 Å². The smallest absolute Gasteiger partial charge is 0.327 e. The maximum atomic E-state index is 13.6. The zero-order chi connectivity index (χ0) is 30.6. The van der Waals surface area contributed by atoms with E-state index in [0.717, 1.165) is 12.8 Å². The minimum Gasteiger partial charge on any atom is -0.480 e. The van der Waals surface area contributed by atoms with Gasteiger partial charge in [0.2, 0.25) is 17.7 Å². The molecular formula is C26H39N11O5S. The Bertz CT molecular complexity index is 1280. The highest BCUT2D eigenvalue weighted by Crippen LogP contribution is 2.50. The van der Waals surface area contributed by atoms with Crippen LogP contribution in [0.4, 0.5) is 0 Å². The van der Waals surface area contributed by atoms with E-state index in [9.17, 15) is 24.3 Å². The Morgan fingerprint density at radius 2 is 2.09 bits per heavy atom. The largest absolute Gasteiger partial charge is 0.480 e. The number of rotatable bonds is 8. The third kappa shape index (κ3) is 5.30. The Hall–Kier alpha value is -3.47. The number of carbonyl (C=O) groups excluding carboxylic acids is 3. The number of aromatic nitrogens is 4. The lowest BCUT2D eigenvalue weighted by molar-refractivity contribution is -0.166. The quantitative estimate of drug-likeness (QED) is 0.119. The molecule has 16 nitrogen and oxygen atoms in total. The average Bonchev–Trinajstić information content (AvgIpc) is 3.75. The van der Waals surface area contributed by atoms with Crippen LogP contribution in [0.2, 0.25) is 0 Å². The molecule has 0 radical (unpaired) electrons. The first-order valence-corrected chi connectivity index (χ1v) is 15.8. The van der Waals surface area contributed by atoms with Crippen molar-refractivity contribution in [2.24, 2.45) is 23.5 Å². The summed E-state index contributed by atoms with van der Waals surface area (Å²) in [5, 5.41) is 34.6. The van der Waals surface area contributed by atoms with Crippen molar-refractivity contribution in [1.82, 2.24) is 45.5 Å². The number of carbonyl (C=O) groups is 4. The topological polar surface area (TPSA) is 216 Å². The van der Waals surface area contributed by atoms with Crippen molar-refractivity contribution in [3.05, 3.63) is 6.33 Å². The Morgan fingerprint density at radius 1 is 1.30 bits per heavy atom. The van der Waals surface area contributed by atoms with Crippen LogP contribution < -0.4 is 16.4 Å². The second kappa shape index (κ2) is 11.6. The van der Waals surface area contributed by atoms with E-state index in [2.05, 4.69) is 26.2 Å². The van der Waals surface area contributed by atoms with Crippen molar-refractivity contribution in [2.45, 2.75) is 80.4 Å². The van der Waals surface area contributed by atoms with E-state index < -0.39 is 24.0 Å². The summed E-state index contributed by atoms with van der Waals surface area (Å²) in [5.41, 5.74) is 5.69. The van der Waals surface area contributed by atoms with Gasteiger partial charge in [-0.05, 0) is 48.4 Å². The lowest BCUT2D eigenvalue weighted by Crippen LogP contribution is -2.68. The van der Waals surface area contributed by atoms with Crippen LogP contribution in [-0.2, 0) is 25.7 Å². The maximum Gasteiger partial charge on any atom is 0.327 e. The van der Waals surface area contributed by atoms with Crippen LogP contribution in [0.25, 0.3) is 0 Å². The molecule has 17 heteroatoms. The molecule has 0 aromatic carbocycles. The highest BCUT2D eigenvalue weighted by atomic mass is 32.2. The van der Waals surface area contributed by atoms with Gasteiger partial charge in [0.05, 0.1) is 12.0 Å². The predicted octanol–water partition coefficient (Wildman–Crippen LogP) is -2.24. The van der Waals surface area contributed by atoms with Gasteiger partial charge in [0.1, 0.15) is 18.9 Å². The highest BCUT2D eigenvalue weighted by Gasteiger charge is 2.65. The first-order valence-electron chi connectivity index (χ1n) is 14.9. The number of carboxylic acids is 1. The van der Waals surface area contributed by atoms with Gasteiger partial charge in [-0.2, -0.15) is 11.8 Å².